The van der Waals surface area contributed by atoms with Crippen molar-refractivity contribution in [3.05, 3.63) is 12.2 Å². The number of esters is 1. The van der Waals surface area contributed by atoms with E-state index >= 15 is 0 Å². The molecule has 56 heavy (non-hydrogen) atoms. The Morgan fingerprint density at radius 2 is 0.857 bits per heavy atom. The average Bonchev–Trinajstić information content (AvgIpc) is 3.19. The molecule has 0 fully saturated rings. The summed E-state index contributed by atoms with van der Waals surface area (Å²) in [4.78, 5) is 26.0. The van der Waals surface area contributed by atoms with Crippen LogP contribution in [0, 0.1) is 0 Å². The van der Waals surface area contributed by atoms with Crippen LogP contribution in [-0.4, -0.2) is 46.9 Å². The first-order chi connectivity index (χ1) is 27.5. The summed E-state index contributed by atoms with van der Waals surface area (Å²) in [5.41, 5.74) is 0. The molecule has 0 aromatic heterocycles. The van der Waals surface area contributed by atoms with Crippen molar-refractivity contribution in [3.63, 3.8) is 0 Å². The van der Waals surface area contributed by atoms with Gasteiger partial charge in [-0.1, -0.05) is 219 Å². The molecular weight excluding hydrogens is 695 g/mol. The number of aliphatic hydroxyl groups excluding tert-OH is 2. The molecule has 0 spiro atoms. The van der Waals surface area contributed by atoms with Crippen molar-refractivity contribution < 1.29 is 24.5 Å². The van der Waals surface area contributed by atoms with Crippen molar-refractivity contribution in [2.45, 2.75) is 289 Å². The smallest absolute Gasteiger partial charge is 0.306 e. The second-order valence-corrected chi connectivity index (χ2v) is 17.2. The largest absolute Gasteiger partial charge is 0.462 e. The minimum atomic E-state index is -0.782. The molecule has 332 valence electrons. The topological polar surface area (TPSA) is 95.9 Å². The lowest BCUT2D eigenvalue weighted by atomic mass is 10.0. The fraction of sp³-hybridized carbons (Fsp3) is 0.920. The average molecular weight is 792 g/mol. The Morgan fingerprint density at radius 3 is 1.27 bits per heavy atom. The van der Waals surface area contributed by atoms with Gasteiger partial charge in [0.15, 0.2) is 0 Å². The van der Waals surface area contributed by atoms with Crippen LogP contribution in [0.15, 0.2) is 12.2 Å². The van der Waals surface area contributed by atoms with Gasteiger partial charge in [0.25, 0.3) is 0 Å². The number of hydrogen-bond donors (Lipinski definition) is 3. The minimum Gasteiger partial charge on any atom is -0.462 e. The van der Waals surface area contributed by atoms with Gasteiger partial charge in [-0.2, -0.15) is 0 Å². The molecule has 0 heterocycles. The Morgan fingerprint density at radius 1 is 0.500 bits per heavy atom. The second kappa shape index (κ2) is 44.7. The second-order valence-electron chi connectivity index (χ2n) is 17.2. The summed E-state index contributed by atoms with van der Waals surface area (Å²) in [6.07, 6.45) is 48.4. The number of amides is 1. The van der Waals surface area contributed by atoms with Crippen LogP contribution in [0.1, 0.15) is 271 Å². The number of ether oxygens (including phenoxy) is 1. The van der Waals surface area contributed by atoms with Gasteiger partial charge in [-0.15, -0.1) is 0 Å². The third-order valence-electron chi connectivity index (χ3n) is 11.6. The van der Waals surface area contributed by atoms with Gasteiger partial charge in [0.2, 0.25) is 5.91 Å². The summed E-state index contributed by atoms with van der Waals surface area (Å²) < 4.78 is 5.92. The molecule has 0 aromatic rings. The van der Waals surface area contributed by atoms with E-state index in [-0.39, 0.29) is 24.9 Å². The zero-order valence-corrected chi connectivity index (χ0v) is 37.8. The van der Waals surface area contributed by atoms with Gasteiger partial charge in [-0.05, 0) is 51.4 Å². The van der Waals surface area contributed by atoms with Gasteiger partial charge in [0, 0.05) is 6.42 Å². The van der Waals surface area contributed by atoms with Crippen molar-refractivity contribution in [3.8, 4) is 0 Å². The summed E-state index contributed by atoms with van der Waals surface area (Å²) >= 11 is 0. The predicted octanol–water partition coefficient (Wildman–Crippen LogP) is 14.6. The molecule has 0 aliphatic heterocycles. The summed E-state index contributed by atoms with van der Waals surface area (Å²) in [5, 5.41) is 23.7. The lowest BCUT2D eigenvalue weighted by molar-refractivity contribution is -0.151. The fourth-order valence-corrected chi connectivity index (χ4v) is 7.78. The summed E-state index contributed by atoms with van der Waals surface area (Å²) in [6.45, 7) is 6.47. The van der Waals surface area contributed by atoms with E-state index in [4.69, 9.17) is 4.74 Å². The first kappa shape index (κ1) is 54.6. The highest BCUT2D eigenvalue weighted by molar-refractivity contribution is 5.77. The van der Waals surface area contributed by atoms with Crippen LogP contribution in [0.5, 0.6) is 0 Å². The highest BCUT2D eigenvalue weighted by atomic mass is 16.5. The van der Waals surface area contributed by atoms with Gasteiger partial charge in [0.1, 0.15) is 6.10 Å². The van der Waals surface area contributed by atoms with Crippen molar-refractivity contribution in [2.24, 2.45) is 0 Å². The zero-order valence-electron chi connectivity index (χ0n) is 37.8. The minimum absolute atomic E-state index is 0.0784. The van der Waals surface area contributed by atoms with Crippen molar-refractivity contribution >= 4 is 11.9 Å². The number of allylic oxidation sites excluding steroid dienone is 2. The predicted molar refractivity (Wildman–Crippen MR) is 241 cm³/mol. The van der Waals surface area contributed by atoms with Crippen LogP contribution in [0.3, 0.4) is 0 Å². The van der Waals surface area contributed by atoms with E-state index in [1.54, 1.807) is 0 Å². The van der Waals surface area contributed by atoms with Crippen LogP contribution < -0.4 is 5.32 Å². The quantitative estimate of drug-likeness (QED) is 0.0324. The Hall–Kier alpha value is -1.40. The fourth-order valence-electron chi connectivity index (χ4n) is 7.78. The molecule has 0 saturated heterocycles. The van der Waals surface area contributed by atoms with Crippen LogP contribution in [0.4, 0.5) is 0 Å². The molecule has 1 amide bonds. The van der Waals surface area contributed by atoms with E-state index in [0.29, 0.717) is 19.3 Å². The first-order valence-electron chi connectivity index (χ1n) is 24.9. The molecule has 0 bridgehead atoms. The molecule has 3 atom stereocenters. The SMILES string of the molecule is CCCCCCCC/C=C/CCCCCCCC(CC(=O)NC(CO)C(O)CCCCCCCCCCCC)OC(=O)CCCCCCCCCCCCCC. The number of nitrogens with one attached hydrogen (secondary N) is 1. The normalized spacial score (nSPS) is 13.3. The number of carbonyl (C=O) groups is 2. The lowest BCUT2D eigenvalue weighted by Crippen LogP contribution is -2.46. The maximum absolute atomic E-state index is 13.2. The Bertz CT molecular complexity index is 847. The molecule has 0 aliphatic carbocycles. The van der Waals surface area contributed by atoms with Crippen LogP contribution in [0.25, 0.3) is 0 Å². The van der Waals surface area contributed by atoms with E-state index in [2.05, 4.69) is 38.2 Å². The molecule has 3 unspecified atom stereocenters. The van der Waals surface area contributed by atoms with Crippen molar-refractivity contribution in [2.75, 3.05) is 6.61 Å². The molecule has 0 saturated carbocycles. The molecular formula is C50H97NO5. The number of aliphatic hydroxyl groups is 2. The lowest BCUT2D eigenvalue weighted by Gasteiger charge is -2.24. The van der Waals surface area contributed by atoms with E-state index in [1.165, 1.54) is 167 Å². The summed E-state index contributed by atoms with van der Waals surface area (Å²) in [7, 11) is 0. The van der Waals surface area contributed by atoms with Crippen molar-refractivity contribution in [1.82, 2.24) is 5.32 Å². The summed E-state index contributed by atoms with van der Waals surface area (Å²) in [6, 6.07) is -0.696. The first-order valence-corrected chi connectivity index (χ1v) is 24.9. The third kappa shape index (κ3) is 39.4. The highest BCUT2D eigenvalue weighted by Crippen LogP contribution is 2.18. The molecule has 0 rings (SSSR count). The monoisotopic (exact) mass is 792 g/mol. The summed E-state index contributed by atoms with van der Waals surface area (Å²) in [5.74, 6) is -0.468. The van der Waals surface area contributed by atoms with Gasteiger partial charge in [-0.25, -0.2) is 0 Å². The van der Waals surface area contributed by atoms with Gasteiger partial charge in [0.05, 0.1) is 25.2 Å². The third-order valence-corrected chi connectivity index (χ3v) is 11.6. The maximum Gasteiger partial charge on any atom is 0.306 e. The number of hydrogen-bond acceptors (Lipinski definition) is 5. The van der Waals surface area contributed by atoms with Gasteiger partial charge in [-0.3, -0.25) is 9.59 Å². The number of carbonyl (C=O) groups excluding carboxylic acids is 2. The number of unbranched alkanes of at least 4 members (excludes halogenated alkanes) is 31. The van der Waals surface area contributed by atoms with Crippen molar-refractivity contribution in [1.29, 1.82) is 0 Å². The standard InChI is InChI=1S/C50H97NO5/c1-4-7-10-13-16-19-22-24-25-26-27-29-32-35-38-41-46(56-50(55)43-40-37-34-31-28-23-20-17-14-11-8-5-2)44-49(54)51-47(45-52)48(53)42-39-36-33-30-21-18-15-12-9-6-3/h24-25,46-48,52-53H,4-23,26-45H2,1-3H3,(H,51,54)/b25-24+. The molecule has 0 radical (unpaired) electrons. The van der Waals surface area contributed by atoms with Gasteiger partial charge < -0.3 is 20.3 Å². The molecule has 0 aromatic carbocycles. The van der Waals surface area contributed by atoms with E-state index < -0.39 is 18.2 Å². The highest BCUT2D eigenvalue weighted by Gasteiger charge is 2.24. The number of rotatable bonds is 45. The van der Waals surface area contributed by atoms with E-state index in [0.717, 1.165) is 57.8 Å². The molecule has 6 nitrogen and oxygen atoms in total. The zero-order chi connectivity index (χ0) is 41.0. The molecule has 6 heteroatoms. The Labute approximate surface area is 349 Å². The van der Waals surface area contributed by atoms with Crippen LogP contribution in [-0.2, 0) is 14.3 Å². The Balaban J connectivity index is 4.57. The van der Waals surface area contributed by atoms with Crippen LogP contribution >= 0.6 is 0 Å². The molecule has 0 aliphatic rings. The molecule has 3 N–H and O–H groups in total. The Kier molecular flexibility index (Phi) is 43.6. The van der Waals surface area contributed by atoms with Gasteiger partial charge >= 0.3 is 5.97 Å². The van der Waals surface area contributed by atoms with E-state index in [1.807, 2.05) is 0 Å². The maximum atomic E-state index is 13.2. The van der Waals surface area contributed by atoms with E-state index in [9.17, 15) is 19.8 Å². The van der Waals surface area contributed by atoms with Crippen LogP contribution in [0.2, 0.25) is 0 Å².